The molecule has 23 heavy (non-hydrogen) atoms. The van der Waals surface area contributed by atoms with Gasteiger partial charge in [0.05, 0.1) is 0 Å². The Kier molecular flexibility index (Phi) is 10.6. The zero-order valence-corrected chi connectivity index (χ0v) is 14.6. The molecule has 0 aliphatic carbocycles. The smallest absolute Gasteiger partial charge is 0.242 e. The van der Waals surface area contributed by atoms with E-state index >= 15 is 0 Å². The van der Waals surface area contributed by atoms with Crippen molar-refractivity contribution in [3.8, 4) is 0 Å². The molecule has 134 valence electrons. The number of rotatable bonds is 12. The van der Waals surface area contributed by atoms with Crippen LogP contribution in [0.4, 0.5) is 0 Å². The summed E-state index contributed by atoms with van der Waals surface area (Å²) in [6, 6.07) is -0.274. The van der Waals surface area contributed by atoms with Gasteiger partial charge in [0.1, 0.15) is 6.04 Å². The number of nitrogens with one attached hydrogen (secondary N) is 1. The Morgan fingerprint density at radius 1 is 1.04 bits per heavy atom. The highest BCUT2D eigenvalue weighted by molar-refractivity contribution is 5.88. The minimum absolute atomic E-state index is 0.00681. The van der Waals surface area contributed by atoms with Crippen LogP contribution in [0.2, 0.25) is 0 Å². The number of hydrogen-bond acceptors (Lipinski definition) is 4. The Morgan fingerprint density at radius 2 is 1.74 bits per heavy atom. The lowest BCUT2D eigenvalue weighted by atomic mass is 10.1. The first-order valence-electron chi connectivity index (χ1n) is 8.75. The molecule has 1 saturated heterocycles. The second-order valence-corrected chi connectivity index (χ2v) is 6.04. The standard InChI is InChI=1S/C17H32N2O4/c1-22-13-6-3-4-10-16(20)19-12-8-9-15(19)17(21)18-11-5-7-14-23-2/h15H,3-14H2,1-2H3,(H,18,21)/t15-/m1/s1. The van der Waals surface area contributed by atoms with E-state index in [-0.39, 0.29) is 17.9 Å². The summed E-state index contributed by atoms with van der Waals surface area (Å²) in [6.07, 6.45) is 6.89. The predicted octanol–water partition coefficient (Wildman–Crippen LogP) is 1.73. The summed E-state index contributed by atoms with van der Waals surface area (Å²) >= 11 is 0. The minimum Gasteiger partial charge on any atom is -0.385 e. The maximum Gasteiger partial charge on any atom is 0.242 e. The van der Waals surface area contributed by atoms with Gasteiger partial charge in [0.25, 0.3) is 0 Å². The molecule has 0 saturated carbocycles. The Bertz CT molecular complexity index is 317. The summed E-state index contributed by atoms with van der Waals surface area (Å²) in [6.45, 7) is 2.81. The van der Waals surface area contributed by atoms with Crippen molar-refractivity contribution in [2.45, 2.75) is 57.4 Å². The third-order valence-corrected chi connectivity index (χ3v) is 4.19. The summed E-state index contributed by atoms with van der Waals surface area (Å²) in [4.78, 5) is 26.3. The molecular weight excluding hydrogens is 296 g/mol. The zero-order chi connectivity index (χ0) is 16.9. The third-order valence-electron chi connectivity index (χ3n) is 4.19. The number of carbonyl (C=O) groups is 2. The van der Waals surface area contributed by atoms with Crippen LogP contribution in [-0.2, 0) is 19.1 Å². The second-order valence-electron chi connectivity index (χ2n) is 6.04. The fourth-order valence-corrected chi connectivity index (χ4v) is 2.88. The van der Waals surface area contributed by atoms with Gasteiger partial charge in [-0.05, 0) is 38.5 Å². The average Bonchev–Trinajstić information content (AvgIpc) is 3.04. The summed E-state index contributed by atoms with van der Waals surface area (Å²) in [7, 11) is 3.36. The maximum atomic E-state index is 12.3. The molecule has 1 aliphatic rings. The molecule has 1 atom stereocenters. The van der Waals surface area contributed by atoms with Crippen LogP contribution < -0.4 is 5.32 Å². The second kappa shape index (κ2) is 12.3. The molecule has 1 aliphatic heterocycles. The number of methoxy groups -OCH3 is 2. The highest BCUT2D eigenvalue weighted by Gasteiger charge is 2.33. The van der Waals surface area contributed by atoms with Crippen LogP contribution in [0.1, 0.15) is 51.4 Å². The van der Waals surface area contributed by atoms with Gasteiger partial charge in [-0.2, -0.15) is 0 Å². The van der Waals surface area contributed by atoms with Gasteiger partial charge in [-0.25, -0.2) is 0 Å². The average molecular weight is 328 g/mol. The third kappa shape index (κ3) is 7.79. The van der Waals surface area contributed by atoms with Crippen LogP contribution in [0.25, 0.3) is 0 Å². The van der Waals surface area contributed by atoms with Gasteiger partial charge in [-0.3, -0.25) is 9.59 Å². The number of hydrogen-bond donors (Lipinski definition) is 1. The van der Waals surface area contributed by atoms with Gasteiger partial charge in [-0.1, -0.05) is 6.42 Å². The quantitative estimate of drug-likeness (QED) is 0.554. The minimum atomic E-state index is -0.274. The van der Waals surface area contributed by atoms with Gasteiger partial charge in [0, 0.05) is 46.9 Å². The molecule has 6 nitrogen and oxygen atoms in total. The molecule has 2 amide bonds. The van der Waals surface area contributed by atoms with Crippen LogP contribution >= 0.6 is 0 Å². The van der Waals surface area contributed by atoms with E-state index < -0.39 is 0 Å². The van der Waals surface area contributed by atoms with Crippen molar-refractivity contribution in [3.05, 3.63) is 0 Å². The molecule has 1 heterocycles. The molecule has 1 rings (SSSR count). The van der Waals surface area contributed by atoms with E-state index in [1.807, 2.05) is 0 Å². The van der Waals surface area contributed by atoms with Crippen LogP contribution in [0.3, 0.4) is 0 Å². The van der Waals surface area contributed by atoms with Crippen LogP contribution in [0, 0.1) is 0 Å². The van der Waals surface area contributed by atoms with Crippen LogP contribution in [-0.4, -0.2) is 63.3 Å². The molecule has 6 heteroatoms. The van der Waals surface area contributed by atoms with E-state index in [1.54, 1.807) is 19.1 Å². The fourth-order valence-electron chi connectivity index (χ4n) is 2.88. The van der Waals surface area contributed by atoms with Crippen LogP contribution in [0.15, 0.2) is 0 Å². The molecule has 1 fully saturated rings. The summed E-state index contributed by atoms with van der Waals surface area (Å²) in [5.41, 5.74) is 0. The summed E-state index contributed by atoms with van der Waals surface area (Å²) < 4.78 is 9.99. The zero-order valence-electron chi connectivity index (χ0n) is 14.6. The van der Waals surface area contributed by atoms with Gasteiger partial charge < -0.3 is 19.7 Å². The number of amides is 2. The van der Waals surface area contributed by atoms with Gasteiger partial charge in [0.2, 0.25) is 11.8 Å². The molecule has 0 aromatic carbocycles. The van der Waals surface area contributed by atoms with Crippen molar-refractivity contribution in [2.24, 2.45) is 0 Å². The van der Waals surface area contributed by atoms with E-state index in [2.05, 4.69) is 5.32 Å². The molecule has 1 N–H and O–H groups in total. The van der Waals surface area contributed by atoms with Gasteiger partial charge >= 0.3 is 0 Å². The van der Waals surface area contributed by atoms with Crippen molar-refractivity contribution in [1.29, 1.82) is 0 Å². The van der Waals surface area contributed by atoms with Gasteiger partial charge in [-0.15, -0.1) is 0 Å². The first-order chi connectivity index (χ1) is 11.2. The Hall–Kier alpha value is -1.14. The van der Waals surface area contributed by atoms with Crippen LogP contribution in [0.5, 0.6) is 0 Å². The predicted molar refractivity (Wildman–Crippen MR) is 89.2 cm³/mol. The summed E-state index contributed by atoms with van der Waals surface area (Å²) in [5.74, 6) is 0.104. The lowest BCUT2D eigenvalue weighted by Gasteiger charge is -2.24. The number of carbonyl (C=O) groups excluding carboxylic acids is 2. The van der Waals surface area contributed by atoms with Crippen molar-refractivity contribution < 1.29 is 19.1 Å². The van der Waals surface area contributed by atoms with Crippen molar-refractivity contribution >= 4 is 11.8 Å². The Morgan fingerprint density at radius 3 is 2.43 bits per heavy atom. The molecule has 0 spiro atoms. The van der Waals surface area contributed by atoms with Crippen molar-refractivity contribution in [1.82, 2.24) is 10.2 Å². The van der Waals surface area contributed by atoms with E-state index in [1.165, 1.54) is 0 Å². The molecule has 0 radical (unpaired) electrons. The highest BCUT2D eigenvalue weighted by Crippen LogP contribution is 2.19. The number of ether oxygens (including phenoxy) is 2. The first kappa shape index (κ1) is 19.9. The molecule has 0 unspecified atom stereocenters. The number of nitrogens with zero attached hydrogens (tertiary/aromatic N) is 1. The van der Waals surface area contributed by atoms with E-state index in [0.717, 1.165) is 51.6 Å². The molecule has 0 aromatic rings. The maximum absolute atomic E-state index is 12.3. The molecule has 0 aromatic heterocycles. The molecule has 0 bridgehead atoms. The monoisotopic (exact) mass is 328 g/mol. The lowest BCUT2D eigenvalue weighted by Crippen LogP contribution is -2.46. The topological polar surface area (TPSA) is 67.9 Å². The van der Waals surface area contributed by atoms with Crippen molar-refractivity contribution in [2.75, 3.05) is 40.5 Å². The number of unbranched alkanes of at least 4 members (excludes halogenated alkanes) is 3. The lowest BCUT2D eigenvalue weighted by molar-refractivity contribution is -0.138. The highest BCUT2D eigenvalue weighted by atomic mass is 16.5. The van der Waals surface area contributed by atoms with Gasteiger partial charge in [0.15, 0.2) is 0 Å². The number of likely N-dealkylation sites (tertiary alicyclic amines) is 1. The normalized spacial score (nSPS) is 17.5. The first-order valence-corrected chi connectivity index (χ1v) is 8.75. The largest absolute Gasteiger partial charge is 0.385 e. The SMILES string of the molecule is COCCCCCC(=O)N1CCC[C@@H]1C(=O)NCCCCOC. The Balaban J connectivity index is 2.25. The Labute approximate surface area is 139 Å². The molecular formula is C17H32N2O4. The van der Waals surface area contributed by atoms with E-state index in [9.17, 15) is 9.59 Å². The van der Waals surface area contributed by atoms with E-state index in [4.69, 9.17) is 9.47 Å². The summed E-state index contributed by atoms with van der Waals surface area (Å²) in [5, 5.41) is 2.95. The van der Waals surface area contributed by atoms with Crippen molar-refractivity contribution in [3.63, 3.8) is 0 Å². The van der Waals surface area contributed by atoms with E-state index in [0.29, 0.717) is 26.1 Å². The fraction of sp³-hybridized carbons (Fsp3) is 0.882.